The second-order valence-corrected chi connectivity index (χ2v) is 3.60. The molecule has 0 saturated heterocycles. The molecule has 0 unspecified atom stereocenters. The molecular weight excluding hydrogens is 220 g/mol. The molecule has 0 atom stereocenters. The van der Waals surface area contributed by atoms with Crippen molar-refractivity contribution in [1.29, 1.82) is 0 Å². The molecule has 1 heterocycles. The van der Waals surface area contributed by atoms with Crippen LogP contribution in [0.5, 0.6) is 5.88 Å². The van der Waals surface area contributed by atoms with Crippen molar-refractivity contribution in [1.82, 2.24) is 8.75 Å². The van der Waals surface area contributed by atoms with Crippen LogP contribution in [-0.2, 0) is 0 Å². The molecule has 2 aromatic rings. The molecule has 0 spiro atoms. The molecular formula is C9H7ClN2OS. The molecule has 0 aliphatic rings. The van der Waals surface area contributed by atoms with E-state index in [1.807, 2.05) is 24.3 Å². The predicted molar refractivity (Wildman–Crippen MR) is 56.9 cm³/mol. The topological polar surface area (TPSA) is 35.0 Å². The van der Waals surface area contributed by atoms with Gasteiger partial charge in [0.15, 0.2) is 0 Å². The zero-order valence-corrected chi connectivity index (χ0v) is 8.97. The van der Waals surface area contributed by atoms with E-state index in [1.165, 1.54) is 0 Å². The number of rotatable bonds is 2. The number of ether oxygens (including phenoxy) is 1. The van der Waals surface area contributed by atoms with Gasteiger partial charge in [-0.1, -0.05) is 23.7 Å². The fourth-order valence-electron chi connectivity index (χ4n) is 1.13. The molecule has 0 saturated carbocycles. The average Bonchev–Trinajstić information content (AvgIpc) is 2.65. The lowest BCUT2D eigenvalue weighted by molar-refractivity contribution is 0.403. The molecule has 0 fully saturated rings. The highest BCUT2D eigenvalue weighted by Gasteiger charge is 2.10. The normalized spacial score (nSPS) is 10.1. The van der Waals surface area contributed by atoms with E-state index in [9.17, 15) is 0 Å². The van der Waals surface area contributed by atoms with E-state index in [4.69, 9.17) is 16.3 Å². The predicted octanol–water partition coefficient (Wildman–Crippen LogP) is 2.87. The Morgan fingerprint density at radius 1 is 1.36 bits per heavy atom. The van der Waals surface area contributed by atoms with Crippen molar-refractivity contribution < 1.29 is 4.74 Å². The van der Waals surface area contributed by atoms with Crippen LogP contribution in [0.1, 0.15) is 0 Å². The van der Waals surface area contributed by atoms with Gasteiger partial charge in [-0.15, -0.1) is 4.37 Å². The average molecular weight is 227 g/mol. The molecule has 0 bridgehead atoms. The lowest BCUT2D eigenvalue weighted by atomic mass is 10.2. The van der Waals surface area contributed by atoms with Crippen LogP contribution in [0.2, 0.25) is 5.02 Å². The summed E-state index contributed by atoms with van der Waals surface area (Å²) in [4.78, 5) is 0. The van der Waals surface area contributed by atoms with Gasteiger partial charge in [0, 0.05) is 10.6 Å². The summed E-state index contributed by atoms with van der Waals surface area (Å²) in [5.41, 5.74) is 1.66. The summed E-state index contributed by atoms with van der Waals surface area (Å²) in [6, 6.07) is 7.44. The van der Waals surface area contributed by atoms with Crippen LogP contribution >= 0.6 is 23.3 Å². The van der Waals surface area contributed by atoms with Crippen LogP contribution in [0.25, 0.3) is 11.3 Å². The van der Waals surface area contributed by atoms with Gasteiger partial charge in [-0.2, -0.15) is 4.37 Å². The third kappa shape index (κ3) is 1.71. The van der Waals surface area contributed by atoms with Gasteiger partial charge in [-0.25, -0.2) is 0 Å². The molecule has 3 nitrogen and oxygen atoms in total. The Hall–Kier alpha value is -1.13. The molecule has 0 radical (unpaired) electrons. The van der Waals surface area contributed by atoms with Crippen molar-refractivity contribution in [2.75, 3.05) is 7.11 Å². The van der Waals surface area contributed by atoms with Crippen molar-refractivity contribution in [2.45, 2.75) is 0 Å². The lowest BCUT2D eigenvalue weighted by Gasteiger charge is -1.99. The minimum absolute atomic E-state index is 0.539. The van der Waals surface area contributed by atoms with Gasteiger partial charge >= 0.3 is 0 Å². The van der Waals surface area contributed by atoms with Gasteiger partial charge in [0.2, 0.25) is 0 Å². The molecule has 72 valence electrons. The highest BCUT2D eigenvalue weighted by Crippen LogP contribution is 2.28. The summed E-state index contributed by atoms with van der Waals surface area (Å²) < 4.78 is 13.2. The fourth-order valence-corrected chi connectivity index (χ4v) is 1.86. The van der Waals surface area contributed by atoms with Crippen molar-refractivity contribution in [3.05, 3.63) is 29.3 Å². The van der Waals surface area contributed by atoms with E-state index in [1.54, 1.807) is 7.11 Å². The molecule has 0 N–H and O–H groups in total. The Morgan fingerprint density at radius 3 is 2.93 bits per heavy atom. The molecule has 0 amide bonds. The summed E-state index contributed by atoms with van der Waals surface area (Å²) in [7, 11) is 1.57. The fraction of sp³-hybridized carbons (Fsp3) is 0.111. The number of benzene rings is 1. The van der Waals surface area contributed by atoms with Crippen molar-refractivity contribution in [3.8, 4) is 17.1 Å². The lowest BCUT2D eigenvalue weighted by Crippen LogP contribution is -1.86. The van der Waals surface area contributed by atoms with E-state index in [0.717, 1.165) is 23.0 Å². The zero-order valence-electron chi connectivity index (χ0n) is 7.40. The number of halogens is 1. The van der Waals surface area contributed by atoms with Crippen LogP contribution in [0.15, 0.2) is 24.3 Å². The van der Waals surface area contributed by atoms with Gasteiger partial charge in [0.1, 0.15) is 5.69 Å². The first kappa shape index (κ1) is 9.43. The Bertz CT molecular complexity index is 444. The first-order valence-electron chi connectivity index (χ1n) is 3.94. The monoisotopic (exact) mass is 226 g/mol. The van der Waals surface area contributed by atoms with E-state index in [0.29, 0.717) is 10.9 Å². The highest BCUT2D eigenvalue weighted by atomic mass is 35.5. The van der Waals surface area contributed by atoms with E-state index in [2.05, 4.69) is 8.75 Å². The van der Waals surface area contributed by atoms with Crippen LogP contribution in [0.4, 0.5) is 0 Å². The van der Waals surface area contributed by atoms with Crippen LogP contribution in [-0.4, -0.2) is 15.9 Å². The third-order valence-electron chi connectivity index (χ3n) is 1.75. The third-order valence-corrected chi connectivity index (χ3v) is 2.50. The Balaban J connectivity index is 2.49. The minimum Gasteiger partial charge on any atom is -0.479 e. The van der Waals surface area contributed by atoms with E-state index in [-0.39, 0.29) is 0 Å². The zero-order chi connectivity index (χ0) is 9.97. The molecule has 14 heavy (non-hydrogen) atoms. The number of methoxy groups -OCH3 is 1. The molecule has 0 aliphatic heterocycles. The first-order valence-corrected chi connectivity index (χ1v) is 5.04. The van der Waals surface area contributed by atoms with Crippen LogP contribution in [0.3, 0.4) is 0 Å². The Morgan fingerprint density at radius 2 is 2.21 bits per heavy atom. The maximum Gasteiger partial charge on any atom is 0.253 e. The quantitative estimate of drug-likeness (QED) is 0.790. The minimum atomic E-state index is 0.539. The van der Waals surface area contributed by atoms with E-state index < -0.39 is 0 Å². The molecule has 2 rings (SSSR count). The summed E-state index contributed by atoms with van der Waals surface area (Å²) in [6.07, 6.45) is 0. The van der Waals surface area contributed by atoms with Crippen molar-refractivity contribution >= 4 is 23.3 Å². The summed E-state index contributed by atoms with van der Waals surface area (Å²) in [6.45, 7) is 0. The first-order chi connectivity index (χ1) is 6.81. The molecule has 0 aliphatic carbocycles. The van der Waals surface area contributed by atoms with Crippen molar-refractivity contribution in [3.63, 3.8) is 0 Å². The molecule has 1 aromatic heterocycles. The second-order valence-electron chi connectivity index (χ2n) is 2.63. The van der Waals surface area contributed by atoms with Gasteiger partial charge < -0.3 is 4.74 Å². The number of hydrogen-bond acceptors (Lipinski definition) is 4. The molecule has 1 aromatic carbocycles. The number of nitrogens with zero attached hydrogens (tertiary/aromatic N) is 2. The second kappa shape index (κ2) is 3.94. The van der Waals surface area contributed by atoms with Gasteiger partial charge in [0.25, 0.3) is 5.88 Å². The molecule has 5 heteroatoms. The Labute approximate surface area is 90.6 Å². The largest absolute Gasteiger partial charge is 0.479 e. The van der Waals surface area contributed by atoms with Crippen LogP contribution < -0.4 is 4.74 Å². The number of aromatic nitrogens is 2. The SMILES string of the molecule is COc1nsnc1-c1cccc(Cl)c1. The van der Waals surface area contributed by atoms with Gasteiger partial charge in [0.05, 0.1) is 18.8 Å². The summed E-state index contributed by atoms with van der Waals surface area (Å²) in [5.74, 6) is 0.539. The summed E-state index contributed by atoms with van der Waals surface area (Å²) >= 11 is 7.00. The maximum absolute atomic E-state index is 5.87. The Kier molecular flexibility index (Phi) is 2.65. The standard InChI is InChI=1S/C9H7ClN2OS/c1-13-9-8(11-14-12-9)6-3-2-4-7(10)5-6/h2-5H,1H3. The summed E-state index contributed by atoms with van der Waals surface area (Å²) in [5, 5.41) is 0.678. The van der Waals surface area contributed by atoms with Crippen LogP contribution in [0, 0.1) is 0 Å². The van der Waals surface area contributed by atoms with Gasteiger partial charge in [-0.05, 0) is 12.1 Å². The van der Waals surface area contributed by atoms with Gasteiger partial charge in [-0.3, -0.25) is 0 Å². The smallest absolute Gasteiger partial charge is 0.253 e. The maximum atomic E-state index is 5.87. The highest BCUT2D eigenvalue weighted by molar-refractivity contribution is 6.99. The van der Waals surface area contributed by atoms with E-state index >= 15 is 0 Å². The number of hydrogen-bond donors (Lipinski definition) is 0. The van der Waals surface area contributed by atoms with Crippen molar-refractivity contribution in [2.24, 2.45) is 0 Å².